The number of piperidine rings is 1. The third-order valence-corrected chi connectivity index (χ3v) is 7.23. The van der Waals surface area contributed by atoms with E-state index in [1.165, 1.54) is 0 Å². The van der Waals surface area contributed by atoms with Crippen molar-refractivity contribution in [3.05, 3.63) is 88.8 Å². The highest BCUT2D eigenvalue weighted by Crippen LogP contribution is 2.40. The van der Waals surface area contributed by atoms with Crippen LogP contribution in [-0.4, -0.2) is 53.5 Å². The Morgan fingerprint density at radius 2 is 1.73 bits per heavy atom. The van der Waals surface area contributed by atoms with Crippen LogP contribution in [0.2, 0.25) is 5.02 Å². The van der Waals surface area contributed by atoms with Crippen molar-refractivity contribution < 1.29 is 19.1 Å². The number of amides is 1. The van der Waals surface area contributed by atoms with Crippen molar-refractivity contribution in [3.8, 4) is 11.5 Å². The van der Waals surface area contributed by atoms with Gasteiger partial charge in [-0.3, -0.25) is 14.6 Å². The first kappa shape index (κ1) is 24.8. The molecule has 1 aliphatic heterocycles. The molecule has 2 aromatic heterocycles. The van der Waals surface area contributed by atoms with Crippen LogP contribution in [0.25, 0.3) is 10.9 Å². The van der Waals surface area contributed by atoms with E-state index in [0.29, 0.717) is 29.4 Å². The fourth-order valence-corrected chi connectivity index (χ4v) is 5.32. The smallest absolute Gasteiger partial charge is 0.256 e. The number of halogens is 1. The molecule has 2 aromatic carbocycles. The molecule has 190 valence electrons. The molecule has 37 heavy (non-hydrogen) atoms. The molecular weight excluding hydrogens is 490 g/mol. The number of fused-ring (bicyclic) bond motifs is 1. The van der Waals surface area contributed by atoms with E-state index in [0.717, 1.165) is 40.8 Å². The van der Waals surface area contributed by atoms with Crippen molar-refractivity contribution in [3.63, 3.8) is 0 Å². The Morgan fingerprint density at radius 1 is 1.00 bits per heavy atom. The van der Waals surface area contributed by atoms with Gasteiger partial charge in [0.05, 0.1) is 31.8 Å². The van der Waals surface area contributed by atoms with Gasteiger partial charge in [0.25, 0.3) is 5.91 Å². The number of ketones is 1. The molecule has 0 aliphatic carbocycles. The van der Waals surface area contributed by atoms with Crippen molar-refractivity contribution in [1.29, 1.82) is 0 Å². The lowest BCUT2D eigenvalue weighted by atomic mass is 9.88. The standard InChI is InChI=1S/C29H28ClN3O4/c1-36-26-7-5-8-27(37-2)28(26)19-11-14-32(15-12-19)29(35)22-17-33(24-16-20(30)9-10-21(22)24)18-25(34)23-6-3-4-13-31-23/h3-10,13,16-17,19H,11-12,14-15,18H2,1-2H3. The van der Waals surface area contributed by atoms with E-state index in [2.05, 4.69) is 4.98 Å². The summed E-state index contributed by atoms with van der Waals surface area (Å²) < 4.78 is 13.0. The van der Waals surface area contributed by atoms with Gasteiger partial charge >= 0.3 is 0 Å². The lowest BCUT2D eigenvalue weighted by Crippen LogP contribution is -2.38. The molecule has 7 nitrogen and oxygen atoms in total. The van der Waals surface area contributed by atoms with E-state index < -0.39 is 0 Å². The molecule has 0 N–H and O–H groups in total. The van der Waals surface area contributed by atoms with Crippen LogP contribution < -0.4 is 9.47 Å². The Kier molecular flexibility index (Phi) is 7.15. The van der Waals surface area contributed by atoms with Crippen molar-refractivity contribution >= 4 is 34.2 Å². The Labute approximate surface area is 220 Å². The summed E-state index contributed by atoms with van der Waals surface area (Å²) in [4.78, 5) is 32.6. The Morgan fingerprint density at radius 3 is 2.38 bits per heavy atom. The molecule has 5 rings (SSSR count). The first-order valence-corrected chi connectivity index (χ1v) is 12.6. The second kappa shape index (κ2) is 10.6. The van der Waals surface area contributed by atoms with E-state index in [4.69, 9.17) is 21.1 Å². The topological polar surface area (TPSA) is 73.7 Å². The summed E-state index contributed by atoms with van der Waals surface area (Å²) in [5, 5.41) is 1.32. The summed E-state index contributed by atoms with van der Waals surface area (Å²) in [5.41, 5.74) is 2.74. The molecule has 3 heterocycles. The predicted molar refractivity (Wildman–Crippen MR) is 143 cm³/mol. The van der Waals surface area contributed by atoms with Crippen LogP contribution >= 0.6 is 11.6 Å². The average molecular weight is 518 g/mol. The van der Waals surface area contributed by atoms with Crippen molar-refractivity contribution in [2.24, 2.45) is 0 Å². The molecule has 0 radical (unpaired) electrons. The molecule has 0 bridgehead atoms. The summed E-state index contributed by atoms with van der Waals surface area (Å²) in [6.07, 6.45) is 4.95. The number of pyridine rings is 1. The first-order chi connectivity index (χ1) is 18.0. The number of ether oxygens (including phenoxy) is 2. The van der Waals surface area contributed by atoms with Gasteiger partial charge in [0, 0.05) is 41.5 Å². The SMILES string of the molecule is COc1cccc(OC)c1C1CCN(C(=O)c2cn(CC(=O)c3ccccn3)c3cc(Cl)ccc23)CC1. The number of carbonyl (C=O) groups excluding carboxylic acids is 2. The number of hydrogen-bond acceptors (Lipinski definition) is 5. The summed E-state index contributed by atoms with van der Waals surface area (Å²) >= 11 is 6.28. The molecule has 8 heteroatoms. The first-order valence-electron chi connectivity index (χ1n) is 12.2. The van der Waals surface area contributed by atoms with Crippen LogP contribution in [0.3, 0.4) is 0 Å². The second-order valence-corrected chi connectivity index (χ2v) is 9.55. The quantitative estimate of drug-likeness (QED) is 0.298. The van der Waals surface area contributed by atoms with Gasteiger partial charge in [0.2, 0.25) is 5.78 Å². The minimum atomic E-state index is -0.136. The largest absolute Gasteiger partial charge is 0.496 e. The maximum Gasteiger partial charge on any atom is 0.256 e. The van der Waals surface area contributed by atoms with E-state index in [1.54, 1.807) is 61.5 Å². The molecule has 1 fully saturated rings. The van der Waals surface area contributed by atoms with Crippen LogP contribution in [0.5, 0.6) is 11.5 Å². The number of nitrogens with zero attached hydrogens (tertiary/aromatic N) is 3. The summed E-state index contributed by atoms with van der Waals surface area (Å²) in [7, 11) is 3.33. The van der Waals surface area contributed by atoms with E-state index in [-0.39, 0.29) is 24.2 Å². The van der Waals surface area contributed by atoms with Gasteiger partial charge < -0.3 is 18.9 Å². The number of likely N-dealkylation sites (tertiary alicyclic amines) is 1. The van der Waals surface area contributed by atoms with Gasteiger partial charge in [-0.1, -0.05) is 29.8 Å². The van der Waals surface area contributed by atoms with Crippen LogP contribution in [-0.2, 0) is 6.54 Å². The molecule has 0 atom stereocenters. The number of carbonyl (C=O) groups is 2. The normalized spacial score (nSPS) is 14.1. The van der Waals surface area contributed by atoms with Crippen LogP contribution in [0, 0.1) is 0 Å². The average Bonchev–Trinajstić information content (AvgIpc) is 3.29. The molecule has 1 amide bonds. The Hall–Kier alpha value is -3.84. The summed E-state index contributed by atoms with van der Waals surface area (Å²) in [5.74, 6) is 1.65. The maximum absolute atomic E-state index is 13.7. The number of methoxy groups -OCH3 is 2. The summed E-state index contributed by atoms with van der Waals surface area (Å²) in [6, 6.07) is 16.5. The lowest BCUT2D eigenvalue weighted by Gasteiger charge is -2.33. The number of benzene rings is 2. The second-order valence-electron chi connectivity index (χ2n) is 9.11. The Balaban J connectivity index is 1.38. The fraction of sp³-hybridized carbons (Fsp3) is 0.276. The minimum Gasteiger partial charge on any atom is -0.496 e. The number of aromatic nitrogens is 2. The molecule has 0 spiro atoms. The lowest BCUT2D eigenvalue weighted by molar-refractivity contribution is 0.0713. The zero-order chi connectivity index (χ0) is 25.9. The number of rotatable bonds is 7. The maximum atomic E-state index is 13.7. The molecule has 4 aromatic rings. The molecule has 1 aliphatic rings. The van der Waals surface area contributed by atoms with E-state index >= 15 is 0 Å². The van der Waals surface area contributed by atoms with Gasteiger partial charge in [-0.15, -0.1) is 0 Å². The van der Waals surface area contributed by atoms with Gasteiger partial charge in [0.1, 0.15) is 17.2 Å². The van der Waals surface area contributed by atoms with Crippen LogP contribution in [0.15, 0.2) is 67.0 Å². The van der Waals surface area contributed by atoms with Crippen molar-refractivity contribution in [2.45, 2.75) is 25.3 Å². The highest BCUT2D eigenvalue weighted by Gasteiger charge is 2.30. The molecule has 1 saturated heterocycles. The van der Waals surface area contributed by atoms with Crippen LogP contribution in [0.4, 0.5) is 0 Å². The fourth-order valence-electron chi connectivity index (χ4n) is 5.15. The third kappa shape index (κ3) is 4.91. The zero-order valence-electron chi connectivity index (χ0n) is 20.8. The van der Waals surface area contributed by atoms with Crippen LogP contribution in [0.1, 0.15) is 45.2 Å². The van der Waals surface area contributed by atoms with Crippen molar-refractivity contribution in [1.82, 2.24) is 14.5 Å². The van der Waals surface area contributed by atoms with E-state index in [9.17, 15) is 9.59 Å². The minimum absolute atomic E-state index is 0.0539. The zero-order valence-corrected chi connectivity index (χ0v) is 21.6. The Bertz CT molecular complexity index is 1420. The highest BCUT2D eigenvalue weighted by atomic mass is 35.5. The highest BCUT2D eigenvalue weighted by molar-refractivity contribution is 6.31. The monoisotopic (exact) mass is 517 g/mol. The summed E-state index contributed by atoms with van der Waals surface area (Å²) in [6.45, 7) is 1.28. The van der Waals surface area contributed by atoms with Gasteiger partial charge in [0.15, 0.2) is 0 Å². The molecule has 0 saturated carbocycles. The van der Waals surface area contributed by atoms with Gasteiger partial charge in [-0.25, -0.2) is 0 Å². The predicted octanol–water partition coefficient (Wildman–Crippen LogP) is 5.61. The number of Topliss-reactive ketones (excluding diaryl/α,β-unsaturated/α-hetero) is 1. The molecular formula is C29H28ClN3O4. The van der Waals surface area contributed by atoms with Gasteiger partial charge in [-0.2, -0.15) is 0 Å². The number of hydrogen-bond donors (Lipinski definition) is 0. The third-order valence-electron chi connectivity index (χ3n) is 7.00. The van der Waals surface area contributed by atoms with Crippen molar-refractivity contribution in [2.75, 3.05) is 27.3 Å². The van der Waals surface area contributed by atoms with Gasteiger partial charge in [-0.05, 0) is 55.2 Å². The molecule has 0 unspecified atom stereocenters. The van der Waals surface area contributed by atoms with E-state index in [1.807, 2.05) is 29.2 Å².